The zero-order valence-electron chi connectivity index (χ0n) is 11.4. The number of hydrazine groups is 1. The molecule has 1 aromatic rings. The molecule has 1 aliphatic carbocycles. The molecule has 1 aromatic carbocycles. The van der Waals surface area contributed by atoms with Crippen molar-refractivity contribution >= 4 is 23.4 Å². The number of hydrogen-bond donors (Lipinski definition) is 3. The van der Waals surface area contributed by atoms with Gasteiger partial charge in [-0.3, -0.25) is 10.6 Å². The molecule has 1 fully saturated rings. The predicted molar refractivity (Wildman–Crippen MR) is 81.4 cm³/mol. The minimum Gasteiger partial charge on any atom is -0.348 e. The number of aryl methyl sites for hydroxylation is 1. The van der Waals surface area contributed by atoms with E-state index in [1.807, 2.05) is 36.9 Å². The van der Waals surface area contributed by atoms with E-state index in [1.54, 1.807) is 0 Å². The van der Waals surface area contributed by atoms with E-state index >= 15 is 0 Å². The Kier molecular flexibility index (Phi) is 4.71. The maximum Gasteiger partial charge on any atom is 0.251 e. The van der Waals surface area contributed by atoms with Gasteiger partial charge in [0.15, 0.2) is 0 Å². The molecule has 0 heterocycles. The van der Waals surface area contributed by atoms with Crippen LogP contribution in [0.15, 0.2) is 18.2 Å². The summed E-state index contributed by atoms with van der Waals surface area (Å²) in [4.78, 5) is 12.3. The number of amides is 1. The van der Waals surface area contributed by atoms with E-state index in [1.165, 1.54) is 12.8 Å². The molecule has 0 aromatic heterocycles. The van der Waals surface area contributed by atoms with Crippen molar-refractivity contribution in [3.05, 3.63) is 29.3 Å². The van der Waals surface area contributed by atoms with E-state index in [-0.39, 0.29) is 5.91 Å². The van der Waals surface area contributed by atoms with Crippen LogP contribution >= 0.6 is 11.8 Å². The molecule has 0 saturated heterocycles. The van der Waals surface area contributed by atoms with E-state index in [2.05, 4.69) is 17.0 Å². The molecular formula is C14H21N3OS. The highest BCUT2D eigenvalue weighted by Gasteiger charge is 2.28. The maximum absolute atomic E-state index is 12.3. The minimum absolute atomic E-state index is 0.0204. The Morgan fingerprint density at radius 3 is 2.84 bits per heavy atom. The van der Waals surface area contributed by atoms with Gasteiger partial charge in [0.1, 0.15) is 0 Å². The Balaban J connectivity index is 2.07. The normalized spacial score (nSPS) is 22.3. The quantitative estimate of drug-likeness (QED) is 0.584. The summed E-state index contributed by atoms with van der Waals surface area (Å²) >= 11 is 1.85. The number of nitrogen functional groups attached to an aromatic ring is 1. The number of thioether (sulfide) groups is 1. The Bertz CT molecular complexity index is 464. The van der Waals surface area contributed by atoms with Gasteiger partial charge in [-0.05, 0) is 49.8 Å². The highest BCUT2D eigenvalue weighted by atomic mass is 32.2. The molecule has 0 aliphatic heterocycles. The van der Waals surface area contributed by atoms with E-state index in [4.69, 9.17) is 5.84 Å². The zero-order chi connectivity index (χ0) is 13.8. The van der Waals surface area contributed by atoms with Crippen molar-refractivity contribution in [2.24, 2.45) is 5.84 Å². The molecule has 4 nitrogen and oxygen atoms in total. The predicted octanol–water partition coefficient (Wildman–Crippen LogP) is 2.29. The third kappa shape index (κ3) is 3.22. The van der Waals surface area contributed by atoms with Crippen LogP contribution in [0.3, 0.4) is 0 Å². The van der Waals surface area contributed by atoms with Crippen molar-refractivity contribution in [1.82, 2.24) is 5.32 Å². The summed E-state index contributed by atoms with van der Waals surface area (Å²) in [5.74, 6) is 5.38. The summed E-state index contributed by atoms with van der Waals surface area (Å²) in [6.07, 6.45) is 5.59. The molecule has 1 saturated carbocycles. The average molecular weight is 279 g/mol. The summed E-state index contributed by atoms with van der Waals surface area (Å²) in [6, 6.07) is 5.83. The Labute approximate surface area is 118 Å². The van der Waals surface area contributed by atoms with Crippen LogP contribution in [0.5, 0.6) is 0 Å². The van der Waals surface area contributed by atoms with Crippen LogP contribution in [0.1, 0.15) is 35.2 Å². The molecule has 5 heteroatoms. The van der Waals surface area contributed by atoms with Crippen LogP contribution < -0.4 is 16.6 Å². The third-order valence-electron chi connectivity index (χ3n) is 3.71. The van der Waals surface area contributed by atoms with Gasteiger partial charge in [0, 0.05) is 22.5 Å². The van der Waals surface area contributed by atoms with Gasteiger partial charge in [0.05, 0.1) is 0 Å². The van der Waals surface area contributed by atoms with Gasteiger partial charge in [0.25, 0.3) is 5.91 Å². The van der Waals surface area contributed by atoms with Crippen LogP contribution in [-0.2, 0) is 0 Å². The Hall–Kier alpha value is -1.20. The molecule has 104 valence electrons. The first kappa shape index (κ1) is 14.2. The van der Waals surface area contributed by atoms with Crippen molar-refractivity contribution in [2.75, 3.05) is 11.7 Å². The fourth-order valence-corrected chi connectivity index (χ4v) is 3.56. The molecule has 2 unspecified atom stereocenters. The van der Waals surface area contributed by atoms with Gasteiger partial charge in [-0.1, -0.05) is 6.42 Å². The second kappa shape index (κ2) is 6.30. The van der Waals surface area contributed by atoms with E-state index in [9.17, 15) is 4.79 Å². The molecule has 4 N–H and O–H groups in total. The average Bonchev–Trinajstić information content (AvgIpc) is 2.85. The zero-order valence-corrected chi connectivity index (χ0v) is 12.2. The minimum atomic E-state index is 0.0204. The van der Waals surface area contributed by atoms with Crippen molar-refractivity contribution in [3.63, 3.8) is 0 Å². The van der Waals surface area contributed by atoms with Crippen LogP contribution in [0.25, 0.3) is 0 Å². The maximum atomic E-state index is 12.3. The topological polar surface area (TPSA) is 67.2 Å². The van der Waals surface area contributed by atoms with Gasteiger partial charge >= 0.3 is 0 Å². The largest absolute Gasteiger partial charge is 0.348 e. The van der Waals surface area contributed by atoms with Crippen LogP contribution in [0.2, 0.25) is 0 Å². The van der Waals surface area contributed by atoms with Crippen molar-refractivity contribution < 1.29 is 4.79 Å². The fraction of sp³-hybridized carbons (Fsp3) is 0.500. The summed E-state index contributed by atoms with van der Waals surface area (Å²) in [5.41, 5.74) is 5.07. The number of benzene rings is 1. The molecule has 1 aliphatic rings. The first-order valence-corrected chi connectivity index (χ1v) is 7.85. The Morgan fingerprint density at radius 1 is 1.42 bits per heavy atom. The molecule has 0 radical (unpaired) electrons. The third-order valence-corrected chi connectivity index (χ3v) is 4.88. The van der Waals surface area contributed by atoms with Crippen molar-refractivity contribution in [3.8, 4) is 0 Å². The lowest BCUT2D eigenvalue weighted by Gasteiger charge is -2.20. The monoisotopic (exact) mass is 279 g/mol. The fourth-order valence-electron chi connectivity index (χ4n) is 2.63. The molecule has 1 amide bonds. The molecular weight excluding hydrogens is 258 g/mol. The smallest absolute Gasteiger partial charge is 0.251 e. The lowest BCUT2D eigenvalue weighted by atomic mass is 10.1. The molecule has 2 atom stereocenters. The molecule has 0 bridgehead atoms. The van der Waals surface area contributed by atoms with E-state index in [0.717, 1.165) is 23.2 Å². The van der Waals surface area contributed by atoms with Crippen LogP contribution in [0, 0.1) is 6.92 Å². The van der Waals surface area contributed by atoms with Gasteiger partial charge in [-0.2, -0.15) is 11.8 Å². The Morgan fingerprint density at radius 2 is 2.21 bits per heavy atom. The number of anilines is 1. The summed E-state index contributed by atoms with van der Waals surface area (Å²) in [6.45, 7) is 1.93. The number of rotatable bonds is 4. The first-order valence-electron chi connectivity index (χ1n) is 6.56. The number of nitrogens with one attached hydrogen (secondary N) is 2. The summed E-state index contributed by atoms with van der Waals surface area (Å²) in [5, 5.41) is 3.71. The van der Waals surface area contributed by atoms with Gasteiger partial charge in [-0.15, -0.1) is 0 Å². The molecule has 0 spiro atoms. The number of nitrogens with two attached hydrogens (primary N) is 1. The second-order valence-electron chi connectivity index (χ2n) is 4.96. The summed E-state index contributed by atoms with van der Waals surface area (Å²) in [7, 11) is 0. The van der Waals surface area contributed by atoms with Gasteiger partial charge in [-0.25, -0.2) is 0 Å². The SMILES string of the molecule is CSC1CCCC1NC(=O)c1ccc(NN)cc1C. The second-order valence-corrected chi connectivity index (χ2v) is 6.04. The van der Waals surface area contributed by atoms with Gasteiger partial charge < -0.3 is 10.7 Å². The van der Waals surface area contributed by atoms with Gasteiger partial charge in [0.2, 0.25) is 0 Å². The van der Waals surface area contributed by atoms with Crippen molar-refractivity contribution in [1.29, 1.82) is 0 Å². The van der Waals surface area contributed by atoms with E-state index < -0.39 is 0 Å². The molecule has 19 heavy (non-hydrogen) atoms. The van der Waals surface area contributed by atoms with E-state index in [0.29, 0.717) is 11.3 Å². The molecule has 2 rings (SSSR count). The lowest BCUT2D eigenvalue weighted by Crippen LogP contribution is -2.38. The first-order chi connectivity index (χ1) is 9.15. The number of carbonyl (C=O) groups is 1. The van der Waals surface area contributed by atoms with Crippen LogP contribution in [0.4, 0.5) is 5.69 Å². The lowest BCUT2D eigenvalue weighted by molar-refractivity contribution is 0.0938. The van der Waals surface area contributed by atoms with Crippen molar-refractivity contribution in [2.45, 2.75) is 37.5 Å². The highest BCUT2D eigenvalue weighted by molar-refractivity contribution is 7.99. The number of hydrogen-bond acceptors (Lipinski definition) is 4. The standard InChI is InChI=1S/C14H21N3OS/c1-9-8-10(17-15)6-7-11(9)14(18)16-12-4-3-5-13(12)19-2/h6-8,12-13,17H,3-5,15H2,1-2H3,(H,16,18). The summed E-state index contributed by atoms with van der Waals surface area (Å²) < 4.78 is 0. The van der Waals surface area contributed by atoms with Crippen LogP contribution in [-0.4, -0.2) is 23.5 Å². The highest BCUT2D eigenvalue weighted by Crippen LogP contribution is 2.28. The number of carbonyl (C=O) groups excluding carboxylic acids is 1.